The van der Waals surface area contributed by atoms with Crippen LogP contribution in [0.15, 0.2) is 17.5 Å². The quantitative estimate of drug-likeness (QED) is 0.817. The Morgan fingerprint density at radius 2 is 2.20 bits per heavy atom. The molecule has 0 bridgehead atoms. The van der Waals surface area contributed by atoms with Crippen molar-refractivity contribution < 1.29 is 14.7 Å². The van der Waals surface area contributed by atoms with Crippen molar-refractivity contribution in [3.63, 3.8) is 0 Å². The lowest BCUT2D eigenvalue weighted by molar-refractivity contribution is -0.137. The van der Waals surface area contributed by atoms with Crippen LogP contribution in [0.3, 0.4) is 0 Å². The molecule has 0 radical (unpaired) electrons. The monoisotopic (exact) mass is 294 g/mol. The van der Waals surface area contributed by atoms with E-state index in [-0.39, 0.29) is 18.6 Å². The third-order valence-electron chi connectivity index (χ3n) is 2.65. The molecule has 1 rings (SSSR count). The summed E-state index contributed by atoms with van der Waals surface area (Å²) >= 11 is 1.56. The molecular weight excluding hydrogens is 276 g/mol. The Bertz CT molecular complexity index is 491. The van der Waals surface area contributed by atoms with E-state index in [0.717, 1.165) is 9.78 Å². The van der Waals surface area contributed by atoms with Gasteiger partial charge in [-0.1, -0.05) is 12.0 Å². The number of thiophene rings is 1. The zero-order chi connectivity index (χ0) is 15.1. The molecule has 0 spiro atoms. The molecule has 5 nitrogen and oxygen atoms in total. The van der Waals surface area contributed by atoms with Gasteiger partial charge in [0.1, 0.15) is 6.54 Å². The first-order valence-corrected chi connectivity index (χ1v) is 7.06. The second-order valence-corrected chi connectivity index (χ2v) is 5.57. The fourth-order valence-electron chi connectivity index (χ4n) is 1.69. The number of rotatable bonds is 6. The molecule has 1 heterocycles. The molecule has 108 valence electrons. The van der Waals surface area contributed by atoms with Crippen molar-refractivity contribution in [3.05, 3.63) is 22.4 Å². The van der Waals surface area contributed by atoms with Crippen LogP contribution < -0.4 is 0 Å². The van der Waals surface area contributed by atoms with E-state index < -0.39 is 12.5 Å². The lowest BCUT2D eigenvalue weighted by atomic mass is 10.3. The number of carbonyl (C=O) groups excluding carboxylic acids is 1. The first kappa shape index (κ1) is 16.1. The summed E-state index contributed by atoms with van der Waals surface area (Å²) in [4.78, 5) is 27.1. The average Bonchev–Trinajstić information content (AvgIpc) is 2.86. The molecule has 0 aliphatic carbocycles. The van der Waals surface area contributed by atoms with Crippen molar-refractivity contribution in [2.75, 3.05) is 13.1 Å². The maximum Gasteiger partial charge on any atom is 0.323 e. The van der Waals surface area contributed by atoms with Gasteiger partial charge in [-0.25, -0.2) is 4.79 Å². The van der Waals surface area contributed by atoms with Crippen LogP contribution in [0.4, 0.5) is 4.79 Å². The van der Waals surface area contributed by atoms with E-state index in [4.69, 9.17) is 11.5 Å². The summed E-state index contributed by atoms with van der Waals surface area (Å²) in [7, 11) is 0. The number of hydrogen-bond donors (Lipinski definition) is 1. The van der Waals surface area contributed by atoms with Gasteiger partial charge >= 0.3 is 12.0 Å². The largest absolute Gasteiger partial charge is 0.480 e. The van der Waals surface area contributed by atoms with E-state index >= 15 is 0 Å². The number of carbonyl (C=O) groups is 2. The minimum absolute atomic E-state index is 0.0151. The van der Waals surface area contributed by atoms with Gasteiger partial charge < -0.3 is 14.9 Å². The topological polar surface area (TPSA) is 60.9 Å². The van der Waals surface area contributed by atoms with E-state index in [0.29, 0.717) is 6.54 Å². The van der Waals surface area contributed by atoms with Crippen LogP contribution in [-0.4, -0.2) is 46.0 Å². The molecule has 0 aromatic carbocycles. The average molecular weight is 294 g/mol. The lowest BCUT2D eigenvalue weighted by Gasteiger charge is -2.31. The first-order valence-electron chi connectivity index (χ1n) is 6.19. The number of terminal acetylenes is 1. The van der Waals surface area contributed by atoms with Gasteiger partial charge in [0.15, 0.2) is 0 Å². The van der Waals surface area contributed by atoms with Gasteiger partial charge in [-0.2, -0.15) is 0 Å². The van der Waals surface area contributed by atoms with E-state index in [9.17, 15) is 9.59 Å². The third-order valence-corrected chi connectivity index (χ3v) is 3.52. The van der Waals surface area contributed by atoms with Crippen LogP contribution in [0.25, 0.3) is 0 Å². The Labute approximate surface area is 122 Å². The van der Waals surface area contributed by atoms with E-state index in [2.05, 4.69) is 5.92 Å². The fourth-order valence-corrected chi connectivity index (χ4v) is 2.39. The summed E-state index contributed by atoms with van der Waals surface area (Å²) in [5, 5.41) is 10.8. The second kappa shape index (κ2) is 7.56. The number of carboxylic acids is 1. The summed E-state index contributed by atoms with van der Waals surface area (Å²) in [6.45, 7) is 3.82. The number of hydrogen-bond acceptors (Lipinski definition) is 3. The summed E-state index contributed by atoms with van der Waals surface area (Å²) in [6, 6.07) is 3.46. The molecule has 20 heavy (non-hydrogen) atoms. The Morgan fingerprint density at radius 1 is 1.50 bits per heavy atom. The minimum atomic E-state index is -1.08. The standard InChI is InChI=1S/C14H18N2O3S/c1-4-7-15(10-13(17)18)14(19)16(11(2)3)9-12-6-5-8-20-12/h1,5-6,8,11H,7,9-10H2,2-3H3,(H,17,18). The molecular formula is C14H18N2O3S. The number of urea groups is 1. The Hall–Kier alpha value is -2.00. The molecule has 1 aromatic heterocycles. The van der Waals surface area contributed by atoms with Gasteiger partial charge in [0.25, 0.3) is 0 Å². The molecule has 1 N–H and O–H groups in total. The smallest absolute Gasteiger partial charge is 0.323 e. The molecule has 0 fully saturated rings. The maximum absolute atomic E-state index is 12.4. The highest BCUT2D eigenvalue weighted by atomic mass is 32.1. The van der Waals surface area contributed by atoms with Gasteiger partial charge in [-0.3, -0.25) is 4.79 Å². The molecule has 0 aliphatic heterocycles. The fraction of sp³-hybridized carbons (Fsp3) is 0.429. The number of nitrogens with zero attached hydrogens (tertiary/aromatic N) is 2. The zero-order valence-electron chi connectivity index (χ0n) is 11.6. The summed E-state index contributed by atoms with van der Waals surface area (Å²) in [6.07, 6.45) is 5.20. The SMILES string of the molecule is C#CCN(CC(=O)O)C(=O)N(Cc1cccs1)C(C)C. The summed E-state index contributed by atoms with van der Waals surface area (Å²) in [5.74, 6) is 1.25. The number of amides is 2. The molecule has 1 aromatic rings. The van der Waals surface area contributed by atoms with Crippen molar-refractivity contribution in [2.45, 2.75) is 26.4 Å². The van der Waals surface area contributed by atoms with Crippen LogP contribution in [0, 0.1) is 12.3 Å². The van der Waals surface area contributed by atoms with E-state index in [1.807, 2.05) is 31.4 Å². The van der Waals surface area contributed by atoms with E-state index in [1.165, 1.54) is 0 Å². The Kier molecular flexibility index (Phi) is 6.07. The molecule has 0 saturated heterocycles. The molecule has 0 aliphatic rings. The normalized spacial score (nSPS) is 10.1. The second-order valence-electron chi connectivity index (χ2n) is 4.54. The van der Waals surface area contributed by atoms with Gasteiger partial charge in [-0.15, -0.1) is 17.8 Å². The van der Waals surface area contributed by atoms with Gasteiger partial charge in [0.05, 0.1) is 13.1 Å². The van der Waals surface area contributed by atoms with Crippen molar-refractivity contribution in [2.24, 2.45) is 0 Å². The summed E-state index contributed by atoms with van der Waals surface area (Å²) < 4.78 is 0. The predicted octanol–water partition coefficient (Wildman–Crippen LogP) is 2.10. The number of aliphatic carboxylic acids is 1. The Morgan fingerprint density at radius 3 is 2.65 bits per heavy atom. The van der Waals surface area contributed by atoms with Crippen molar-refractivity contribution in [1.82, 2.24) is 9.80 Å². The third kappa shape index (κ3) is 4.59. The molecule has 0 unspecified atom stereocenters. The molecule has 0 atom stereocenters. The van der Waals surface area contributed by atoms with Crippen LogP contribution in [0.1, 0.15) is 18.7 Å². The van der Waals surface area contributed by atoms with Crippen molar-refractivity contribution in [1.29, 1.82) is 0 Å². The maximum atomic E-state index is 12.4. The zero-order valence-corrected chi connectivity index (χ0v) is 12.4. The minimum Gasteiger partial charge on any atom is -0.480 e. The van der Waals surface area contributed by atoms with Crippen LogP contribution >= 0.6 is 11.3 Å². The number of carboxylic acid groups (broad SMARTS) is 1. The van der Waals surface area contributed by atoms with Crippen molar-refractivity contribution >= 4 is 23.3 Å². The summed E-state index contributed by atoms with van der Waals surface area (Å²) in [5.41, 5.74) is 0. The molecule has 0 saturated carbocycles. The van der Waals surface area contributed by atoms with Crippen LogP contribution in [-0.2, 0) is 11.3 Å². The molecule has 6 heteroatoms. The highest BCUT2D eigenvalue weighted by Gasteiger charge is 2.24. The van der Waals surface area contributed by atoms with Gasteiger partial charge in [-0.05, 0) is 25.3 Å². The molecule has 2 amide bonds. The van der Waals surface area contributed by atoms with Gasteiger partial charge in [0.2, 0.25) is 0 Å². The van der Waals surface area contributed by atoms with Crippen LogP contribution in [0.5, 0.6) is 0 Å². The first-order chi connectivity index (χ1) is 9.45. The van der Waals surface area contributed by atoms with Gasteiger partial charge in [0, 0.05) is 10.9 Å². The van der Waals surface area contributed by atoms with Crippen LogP contribution in [0.2, 0.25) is 0 Å². The lowest BCUT2D eigenvalue weighted by Crippen LogP contribution is -2.47. The highest BCUT2D eigenvalue weighted by Crippen LogP contribution is 2.15. The van der Waals surface area contributed by atoms with Crippen molar-refractivity contribution in [3.8, 4) is 12.3 Å². The highest BCUT2D eigenvalue weighted by molar-refractivity contribution is 7.09. The van der Waals surface area contributed by atoms with E-state index in [1.54, 1.807) is 16.2 Å². The predicted molar refractivity (Wildman–Crippen MR) is 78.4 cm³/mol. The Balaban J connectivity index is 2.85.